The van der Waals surface area contributed by atoms with Gasteiger partial charge in [0.15, 0.2) is 5.65 Å². The molecule has 0 radical (unpaired) electrons. The minimum Gasteiger partial charge on any atom is -0.494 e. The van der Waals surface area contributed by atoms with Crippen molar-refractivity contribution in [3.05, 3.63) is 65.9 Å². The molecule has 0 spiro atoms. The molecule has 1 fully saturated rings. The second kappa shape index (κ2) is 9.43. The zero-order valence-corrected chi connectivity index (χ0v) is 19.5. The van der Waals surface area contributed by atoms with Crippen LogP contribution in [-0.2, 0) is 6.67 Å². The van der Waals surface area contributed by atoms with Crippen molar-refractivity contribution >= 4 is 11.5 Å². The lowest BCUT2D eigenvalue weighted by molar-refractivity contribution is 0.266. The highest BCUT2D eigenvalue weighted by Crippen LogP contribution is 2.35. The molecule has 1 atom stereocenters. The van der Waals surface area contributed by atoms with Crippen LogP contribution in [0.25, 0.3) is 28.0 Å². The quantitative estimate of drug-likeness (QED) is 0.411. The van der Waals surface area contributed by atoms with Crippen LogP contribution in [0.2, 0.25) is 0 Å². The number of aryl methyl sites for hydroxylation is 1. The lowest BCUT2D eigenvalue weighted by Crippen LogP contribution is -2.32. The zero-order valence-electron chi connectivity index (χ0n) is 19.5. The summed E-state index contributed by atoms with van der Waals surface area (Å²) in [5.74, 6) is 1.62. The summed E-state index contributed by atoms with van der Waals surface area (Å²) in [7, 11) is 0. The number of aromatic nitrogens is 3. The third-order valence-corrected chi connectivity index (χ3v) is 6.46. The normalized spacial score (nSPS) is 15.9. The maximum Gasteiger partial charge on any atom is 0.166 e. The highest BCUT2D eigenvalue weighted by molar-refractivity contribution is 5.83. The molecule has 2 aromatic heterocycles. The molecule has 3 heterocycles. The summed E-state index contributed by atoms with van der Waals surface area (Å²) in [5.41, 5.74) is 5.90. The van der Waals surface area contributed by atoms with E-state index in [9.17, 15) is 9.50 Å². The van der Waals surface area contributed by atoms with Gasteiger partial charge in [-0.2, -0.15) is 5.10 Å². The van der Waals surface area contributed by atoms with E-state index in [4.69, 9.17) is 14.8 Å². The standard InChI is InChI=1S/C27H29FN4O2/c1-3-34-23-11-9-20(10-12-23)26-18(2)30-32-24(21-7-4-6-19(14-21)16-28)15-25(29-27(26)32)31-13-5-8-22(31)17-33/h4,6-7,9-12,14-15,22,33H,3,5,8,13,16-17H2,1-2H3. The molecule has 2 aromatic carbocycles. The van der Waals surface area contributed by atoms with Crippen molar-refractivity contribution in [2.45, 2.75) is 39.4 Å². The molecule has 0 aliphatic carbocycles. The molecule has 1 unspecified atom stereocenters. The number of aliphatic hydroxyl groups excluding tert-OH is 1. The van der Waals surface area contributed by atoms with Gasteiger partial charge in [-0.1, -0.05) is 30.3 Å². The Morgan fingerprint density at radius 2 is 1.94 bits per heavy atom. The third-order valence-electron chi connectivity index (χ3n) is 6.46. The molecule has 5 rings (SSSR count). The van der Waals surface area contributed by atoms with Crippen molar-refractivity contribution in [2.75, 3.05) is 24.7 Å². The number of ether oxygens (including phenoxy) is 1. The number of aliphatic hydroxyl groups is 1. The molecule has 0 bridgehead atoms. The predicted octanol–water partition coefficient (Wildman–Crippen LogP) is 5.20. The van der Waals surface area contributed by atoms with Gasteiger partial charge in [-0.3, -0.25) is 0 Å². The maximum atomic E-state index is 13.5. The van der Waals surface area contributed by atoms with Crippen LogP contribution < -0.4 is 9.64 Å². The number of fused-ring (bicyclic) bond motifs is 1. The minimum atomic E-state index is -0.525. The molecule has 1 saturated heterocycles. The van der Waals surface area contributed by atoms with Crippen LogP contribution in [-0.4, -0.2) is 45.5 Å². The van der Waals surface area contributed by atoms with Crippen LogP contribution in [0.4, 0.5) is 10.2 Å². The minimum absolute atomic E-state index is 0.0397. The van der Waals surface area contributed by atoms with Crippen LogP contribution in [0.1, 0.15) is 31.0 Å². The second-order valence-corrected chi connectivity index (χ2v) is 8.66. The topological polar surface area (TPSA) is 62.9 Å². The molecule has 1 aliphatic heterocycles. The van der Waals surface area contributed by atoms with E-state index in [1.165, 1.54) is 0 Å². The fourth-order valence-corrected chi connectivity index (χ4v) is 4.83. The Morgan fingerprint density at radius 3 is 2.68 bits per heavy atom. The summed E-state index contributed by atoms with van der Waals surface area (Å²) in [4.78, 5) is 7.22. The fraction of sp³-hybridized carbons (Fsp3) is 0.333. The number of hydrogen-bond acceptors (Lipinski definition) is 5. The molecule has 1 aliphatic rings. The molecule has 6 nitrogen and oxygen atoms in total. The number of halogens is 1. The first-order valence-electron chi connectivity index (χ1n) is 11.8. The van der Waals surface area contributed by atoms with Crippen LogP contribution in [0, 0.1) is 6.92 Å². The highest BCUT2D eigenvalue weighted by atomic mass is 19.1. The van der Waals surface area contributed by atoms with Gasteiger partial charge in [0.1, 0.15) is 18.2 Å². The molecule has 34 heavy (non-hydrogen) atoms. The molecular weight excluding hydrogens is 431 g/mol. The Bertz CT molecular complexity index is 1300. The van der Waals surface area contributed by atoms with E-state index in [1.54, 1.807) is 6.07 Å². The Kier molecular flexibility index (Phi) is 6.20. The first-order valence-corrected chi connectivity index (χ1v) is 11.8. The summed E-state index contributed by atoms with van der Waals surface area (Å²) in [6, 6.07) is 17.5. The van der Waals surface area contributed by atoms with Crippen molar-refractivity contribution in [3.63, 3.8) is 0 Å². The fourth-order valence-electron chi connectivity index (χ4n) is 4.83. The van der Waals surface area contributed by atoms with Crippen LogP contribution in [0.15, 0.2) is 54.6 Å². The van der Waals surface area contributed by atoms with Crippen LogP contribution in [0.5, 0.6) is 5.75 Å². The third kappa shape index (κ3) is 4.01. The molecule has 0 amide bonds. The molecule has 4 aromatic rings. The van der Waals surface area contributed by atoms with Crippen LogP contribution in [0.3, 0.4) is 0 Å². The van der Waals surface area contributed by atoms with E-state index in [-0.39, 0.29) is 12.6 Å². The summed E-state index contributed by atoms with van der Waals surface area (Å²) in [6.07, 6.45) is 1.94. The van der Waals surface area contributed by atoms with E-state index < -0.39 is 6.67 Å². The largest absolute Gasteiger partial charge is 0.494 e. The molecule has 7 heteroatoms. The summed E-state index contributed by atoms with van der Waals surface area (Å²) in [6.45, 7) is 4.96. The van der Waals surface area contributed by atoms with Gasteiger partial charge >= 0.3 is 0 Å². The van der Waals surface area contributed by atoms with Crippen molar-refractivity contribution in [3.8, 4) is 28.1 Å². The number of rotatable bonds is 7. The summed E-state index contributed by atoms with van der Waals surface area (Å²) >= 11 is 0. The van der Waals surface area contributed by atoms with Gasteiger partial charge in [-0.05, 0) is 56.0 Å². The highest BCUT2D eigenvalue weighted by Gasteiger charge is 2.27. The van der Waals surface area contributed by atoms with Gasteiger partial charge < -0.3 is 14.7 Å². The summed E-state index contributed by atoms with van der Waals surface area (Å²) < 4.78 is 20.9. The van der Waals surface area contributed by atoms with Gasteiger partial charge in [-0.25, -0.2) is 13.9 Å². The van der Waals surface area contributed by atoms with Crippen molar-refractivity contribution in [2.24, 2.45) is 0 Å². The average Bonchev–Trinajstić information content (AvgIpc) is 3.48. The Morgan fingerprint density at radius 1 is 1.12 bits per heavy atom. The number of nitrogens with zero attached hydrogens (tertiary/aromatic N) is 4. The smallest absolute Gasteiger partial charge is 0.166 e. The Labute approximate surface area is 198 Å². The Balaban J connectivity index is 1.73. The predicted molar refractivity (Wildman–Crippen MR) is 132 cm³/mol. The molecule has 1 N–H and O–H groups in total. The van der Waals surface area contributed by atoms with Gasteiger partial charge in [0, 0.05) is 23.7 Å². The number of anilines is 1. The summed E-state index contributed by atoms with van der Waals surface area (Å²) in [5, 5.41) is 14.8. The van der Waals surface area contributed by atoms with E-state index in [1.807, 2.05) is 66.9 Å². The molecular formula is C27H29FN4O2. The lowest BCUT2D eigenvalue weighted by atomic mass is 10.1. The number of hydrogen-bond donors (Lipinski definition) is 1. The van der Waals surface area contributed by atoms with Crippen molar-refractivity contribution in [1.29, 1.82) is 0 Å². The molecule has 176 valence electrons. The van der Waals surface area contributed by atoms with Crippen molar-refractivity contribution < 1.29 is 14.2 Å². The maximum absolute atomic E-state index is 13.5. The van der Waals surface area contributed by atoms with E-state index in [2.05, 4.69) is 4.90 Å². The van der Waals surface area contributed by atoms with Gasteiger partial charge in [0.2, 0.25) is 0 Å². The van der Waals surface area contributed by atoms with Gasteiger partial charge in [-0.15, -0.1) is 0 Å². The van der Waals surface area contributed by atoms with Crippen molar-refractivity contribution in [1.82, 2.24) is 14.6 Å². The van der Waals surface area contributed by atoms with Gasteiger partial charge in [0.25, 0.3) is 0 Å². The zero-order chi connectivity index (χ0) is 23.7. The number of alkyl halides is 1. The lowest BCUT2D eigenvalue weighted by Gasteiger charge is -2.25. The van der Waals surface area contributed by atoms with Crippen LogP contribution >= 0.6 is 0 Å². The first kappa shape index (κ1) is 22.3. The second-order valence-electron chi connectivity index (χ2n) is 8.66. The average molecular weight is 461 g/mol. The van der Waals surface area contributed by atoms with E-state index >= 15 is 0 Å². The monoisotopic (exact) mass is 460 g/mol. The van der Waals surface area contributed by atoms with Gasteiger partial charge in [0.05, 0.1) is 30.6 Å². The molecule has 0 saturated carbocycles. The first-order chi connectivity index (χ1) is 16.6. The number of benzene rings is 2. The van der Waals surface area contributed by atoms with E-state index in [0.717, 1.165) is 64.7 Å². The SMILES string of the molecule is CCOc1ccc(-c2c(C)nn3c(-c4cccc(CF)c4)cc(N4CCCC4CO)nc23)cc1. The van der Waals surface area contributed by atoms with E-state index in [0.29, 0.717) is 12.2 Å². The Hall–Kier alpha value is -3.45.